The molecule has 0 N–H and O–H groups in total. The summed E-state index contributed by atoms with van der Waals surface area (Å²) in [4.78, 5) is 5.58. The van der Waals surface area contributed by atoms with Crippen molar-refractivity contribution in [3.8, 4) is 22.3 Å². The van der Waals surface area contributed by atoms with Gasteiger partial charge in [0.1, 0.15) is 17.2 Å². The van der Waals surface area contributed by atoms with Crippen molar-refractivity contribution in [1.29, 1.82) is 0 Å². The zero-order chi connectivity index (χ0) is 39.0. The van der Waals surface area contributed by atoms with Gasteiger partial charge in [-0.05, 0) is 109 Å². The fraction of sp³-hybridized carbons (Fsp3) is 0.0179. The molecule has 3 heterocycles. The summed E-state index contributed by atoms with van der Waals surface area (Å²) in [5, 5.41) is 9.72. The number of aliphatic imine (C=N–C) groups is 1. The second kappa shape index (κ2) is 13.4. The highest BCUT2D eigenvalue weighted by molar-refractivity contribution is 7.26. The van der Waals surface area contributed by atoms with Crippen LogP contribution in [0.2, 0.25) is 0 Å². The minimum Gasteiger partial charge on any atom is -0.456 e. The molecule has 0 fully saturated rings. The van der Waals surface area contributed by atoms with Gasteiger partial charge >= 0.3 is 0 Å². The van der Waals surface area contributed by atoms with Crippen LogP contribution in [0.1, 0.15) is 22.7 Å². The molecule has 9 aromatic carbocycles. The van der Waals surface area contributed by atoms with E-state index in [9.17, 15) is 0 Å². The molecule has 1 aliphatic rings. The minimum absolute atomic E-state index is 0.325. The zero-order valence-corrected chi connectivity index (χ0v) is 32.8. The molecule has 1 atom stereocenters. The van der Waals surface area contributed by atoms with Crippen LogP contribution in [0.4, 0.5) is 0 Å². The molecule has 11 aromatic rings. The van der Waals surface area contributed by atoms with E-state index in [0.29, 0.717) is 0 Å². The average molecular weight is 770 g/mol. The Morgan fingerprint density at radius 3 is 2.07 bits per heavy atom. The lowest BCUT2D eigenvalue weighted by molar-refractivity contribution is 0.668. The third kappa shape index (κ3) is 5.43. The van der Waals surface area contributed by atoms with Crippen LogP contribution in [0, 0.1) is 0 Å². The van der Waals surface area contributed by atoms with Crippen LogP contribution in [0.25, 0.3) is 91.5 Å². The predicted molar refractivity (Wildman–Crippen MR) is 252 cm³/mol. The van der Waals surface area contributed by atoms with Crippen molar-refractivity contribution in [2.24, 2.45) is 4.99 Å². The molecule has 0 saturated heterocycles. The van der Waals surface area contributed by atoms with Crippen molar-refractivity contribution < 1.29 is 4.42 Å². The van der Waals surface area contributed by atoms with E-state index in [1.165, 1.54) is 58.4 Å². The van der Waals surface area contributed by atoms with Crippen LogP contribution in [0.3, 0.4) is 0 Å². The van der Waals surface area contributed by atoms with Crippen molar-refractivity contribution >= 4 is 86.3 Å². The Kier molecular flexibility index (Phi) is 7.66. The van der Waals surface area contributed by atoms with E-state index in [1.807, 2.05) is 11.3 Å². The number of furan rings is 1. The molecule has 276 valence electrons. The van der Waals surface area contributed by atoms with Gasteiger partial charge in [-0.25, -0.2) is 0 Å². The number of thiophene rings is 1. The van der Waals surface area contributed by atoms with Crippen LogP contribution in [0.15, 0.2) is 216 Å². The van der Waals surface area contributed by atoms with E-state index >= 15 is 0 Å². The number of allylic oxidation sites excluding steroid dienone is 1. The van der Waals surface area contributed by atoms with Crippen LogP contribution in [-0.2, 0) is 0 Å². The molecule has 59 heavy (non-hydrogen) atoms. The quantitative estimate of drug-likeness (QED) is 0.160. The monoisotopic (exact) mass is 769 g/mol. The number of hydrogen-bond donors (Lipinski definition) is 0. The maximum Gasteiger partial charge on any atom is 0.136 e. The number of benzene rings is 9. The number of dihydropyridines is 1. The second-order valence-electron chi connectivity index (χ2n) is 15.5. The Balaban J connectivity index is 1.01. The molecule has 0 radical (unpaired) electrons. The first-order valence-electron chi connectivity index (χ1n) is 20.1. The Morgan fingerprint density at radius 1 is 0.475 bits per heavy atom. The summed E-state index contributed by atoms with van der Waals surface area (Å²) >= 11 is 1.86. The van der Waals surface area contributed by atoms with E-state index in [1.54, 1.807) is 0 Å². The Morgan fingerprint density at radius 2 is 1.17 bits per heavy atom. The maximum absolute atomic E-state index is 6.73. The van der Waals surface area contributed by atoms with Gasteiger partial charge in [-0.1, -0.05) is 158 Å². The van der Waals surface area contributed by atoms with Crippen LogP contribution in [-0.4, -0.2) is 5.71 Å². The summed E-state index contributed by atoms with van der Waals surface area (Å²) < 4.78 is 9.34. The Bertz CT molecular complexity index is 3580. The number of rotatable bonds is 5. The van der Waals surface area contributed by atoms with Crippen LogP contribution in [0.5, 0.6) is 0 Å². The summed E-state index contributed by atoms with van der Waals surface area (Å²) in [6.07, 6.45) is 2.22. The lowest BCUT2D eigenvalue weighted by atomic mass is 9.84. The standard InChI is InChI=1S/C56H35NOS/c1-34-48(35-14-3-2-4-15-35)33-50(39-18-11-17-36(30-39)41-23-12-24-45-44-22-9-10-27-53(44)59-56(41)45)57-55(34)47-25-13-26-51-54(47)46-29-28-38(32-52(46)58-51)49-31-37-16-5-6-19-40(37)42-20-7-8-21-43(42)49/h2-33,55H,1H2. The molecular weight excluding hydrogens is 735 g/mol. The molecule has 2 nitrogen and oxygen atoms in total. The summed E-state index contributed by atoms with van der Waals surface area (Å²) in [5.41, 5.74) is 12.7. The molecule has 0 spiro atoms. The molecular formula is C56H35NOS. The third-order valence-electron chi connectivity index (χ3n) is 12.1. The van der Waals surface area contributed by atoms with Gasteiger partial charge in [0, 0.05) is 36.5 Å². The van der Waals surface area contributed by atoms with Gasteiger partial charge in [-0.15, -0.1) is 11.3 Å². The summed E-state index contributed by atoms with van der Waals surface area (Å²) in [7, 11) is 0. The van der Waals surface area contributed by atoms with Crippen molar-refractivity contribution in [2.75, 3.05) is 0 Å². The number of hydrogen-bond acceptors (Lipinski definition) is 3. The predicted octanol–water partition coefficient (Wildman–Crippen LogP) is 15.8. The van der Waals surface area contributed by atoms with Gasteiger partial charge < -0.3 is 4.42 Å². The summed E-state index contributed by atoms with van der Waals surface area (Å²) in [6.45, 7) is 4.75. The fourth-order valence-electron chi connectivity index (χ4n) is 9.29. The Labute approximate surface area is 345 Å². The lowest BCUT2D eigenvalue weighted by Crippen LogP contribution is -2.13. The molecule has 0 amide bonds. The Hall–Kier alpha value is -7.33. The van der Waals surface area contributed by atoms with Crippen molar-refractivity contribution in [3.05, 3.63) is 223 Å². The van der Waals surface area contributed by atoms with E-state index < -0.39 is 0 Å². The van der Waals surface area contributed by atoms with Gasteiger partial charge in [-0.2, -0.15) is 0 Å². The minimum atomic E-state index is -0.325. The highest BCUT2D eigenvalue weighted by atomic mass is 32.1. The van der Waals surface area contributed by atoms with E-state index in [2.05, 4.69) is 194 Å². The largest absolute Gasteiger partial charge is 0.456 e. The fourth-order valence-corrected chi connectivity index (χ4v) is 10.5. The molecule has 1 aliphatic heterocycles. The molecule has 2 aromatic heterocycles. The van der Waals surface area contributed by atoms with E-state index in [4.69, 9.17) is 16.0 Å². The van der Waals surface area contributed by atoms with Gasteiger partial charge in [0.05, 0.1) is 5.71 Å². The summed E-state index contributed by atoms with van der Waals surface area (Å²) in [6, 6.07) is 67.2. The van der Waals surface area contributed by atoms with Gasteiger partial charge in [0.15, 0.2) is 0 Å². The first-order valence-corrected chi connectivity index (χ1v) is 20.9. The van der Waals surface area contributed by atoms with Crippen molar-refractivity contribution in [2.45, 2.75) is 6.04 Å². The highest BCUT2D eigenvalue weighted by Crippen LogP contribution is 2.46. The van der Waals surface area contributed by atoms with E-state index in [0.717, 1.165) is 61.1 Å². The molecule has 0 saturated carbocycles. The second-order valence-corrected chi connectivity index (χ2v) is 16.5. The molecule has 0 aliphatic carbocycles. The number of fused-ring (bicyclic) bond motifs is 9. The summed E-state index contributed by atoms with van der Waals surface area (Å²) in [5.74, 6) is 0. The zero-order valence-electron chi connectivity index (χ0n) is 32.0. The maximum atomic E-state index is 6.73. The first-order chi connectivity index (χ1) is 29.2. The van der Waals surface area contributed by atoms with Crippen molar-refractivity contribution in [1.82, 2.24) is 0 Å². The number of nitrogens with zero attached hydrogens (tertiary/aromatic N) is 1. The van der Waals surface area contributed by atoms with Gasteiger partial charge in [-0.3, -0.25) is 4.99 Å². The first kappa shape index (κ1) is 33.8. The molecule has 1 unspecified atom stereocenters. The normalized spacial score (nSPS) is 14.5. The third-order valence-corrected chi connectivity index (χ3v) is 13.3. The SMILES string of the molecule is C=C1C(c2ccccc2)=CC(c2cccc(-c3cccc4c3sc3ccccc34)c2)=NC1c1cccc2oc3cc(-c4cc5ccccc5c5ccccc45)ccc3c12. The highest BCUT2D eigenvalue weighted by Gasteiger charge is 2.28. The topological polar surface area (TPSA) is 25.5 Å². The lowest BCUT2D eigenvalue weighted by Gasteiger charge is -2.26. The van der Waals surface area contributed by atoms with Gasteiger partial charge in [0.2, 0.25) is 0 Å². The van der Waals surface area contributed by atoms with Gasteiger partial charge in [0.25, 0.3) is 0 Å². The average Bonchev–Trinajstić information content (AvgIpc) is 3.87. The van der Waals surface area contributed by atoms with Crippen LogP contribution >= 0.6 is 11.3 Å². The molecule has 12 rings (SSSR count). The van der Waals surface area contributed by atoms with E-state index in [-0.39, 0.29) is 6.04 Å². The van der Waals surface area contributed by atoms with Crippen LogP contribution < -0.4 is 0 Å². The smallest absolute Gasteiger partial charge is 0.136 e. The van der Waals surface area contributed by atoms with Crippen molar-refractivity contribution in [3.63, 3.8) is 0 Å². The molecule has 3 heteroatoms. The molecule has 0 bridgehead atoms.